The van der Waals surface area contributed by atoms with Crippen molar-refractivity contribution in [3.05, 3.63) is 46.9 Å². The molecule has 0 atom stereocenters. The number of hydrogen-bond acceptors (Lipinski definition) is 8. The summed E-state index contributed by atoms with van der Waals surface area (Å²) in [6.07, 6.45) is 0. The Hall–Kier alpha value is -3.94. The number of H-pyrrole nitrogens is 1. The molecular weight excluding hydrogens is 430 g/mol. The van der Waals surface area contributed by atoms with Crippen LogP contribution in [-0.4, -0.2) is 48.5 Å². The van der Waals surface area contributed by atoms with Crippen LogP contribution >= 0.6 is 0 Å². The zero-order valence-electron chi connectivity index (χ0n) is 15.8. The molecule has 31 heavy (non-hydrogen) atoms. The third-order valence-corrected chi connectivity index (χ3v) is 4.02. The van der Waals surface area contributed by atoms with Crippen LogP contribution in [0.15, 0.2) is 41.2 Å². The highest BCUT2D eigenvalue weighted by molar-refractivity contribution is 7.79. The number of nitrogens with one attached hydrogen (secondary N) is 1. The van der Waals surface area contributed by atoms with Gasteiger partial charge in [0.25, 0.3) is 5.97 Å². The van der Waals surface area contributed by atoms with Crippen LogP contribution in [0.2, 0.25) is 0 Å². The van der Waals surface area contributed by atoms with Gasteiger partial charge in [0.1, 0.15) is 5.52 Å². The number of carboxylic acids is 1. The van der Waals surface area contributed by atoms with Gasteiger partial charge in [-0.3, -0.25) is 13.9 Å². The molecule has 0 aliphatic heterocycles. The molecule has 160 valence electrons. The number of rotatable bonds is 0. The molecule has 5 aromatic rings. The molecule has 6 N–H and O–H groups in total. The first-order chi connectivity index (χ1) is 14.5. The smallest absolute Gasteiger partial charge is 0.394 e. The Bertz CT molecular complexity index is 1580. The van der Waals surface area contributed by atoms with E-state index in [4.69, 9.17) is 33.2 Å². The Balaban J connectivity index is 0.000000260. The lowest BCUT2D eigenvalue weighted by Gasteiger charge is -2.00. The van der Waals surface area contributed by atoms with E-state index in [0.717, 1.165) is 39.5 Å². The van der Waals surface area contributed by atoms with Gasteiger partial charge in [0.15, 0.2) is 11.5 Å². The molecule has 0 aliphatic carbocycles. The van der Waals surface area contributed by atoms with Crippen LogP contribution in [0.4, 0.5) is 5.82 Å². The maximum absolute atomic E-state index is 11.5. The fourth-order valence-corrected chi connectivity index (χ4v) is 3.13. The van der Waals surface area contributed by atoms with Crippen LogP contribution in [0.5, 0.6) is 0 Å². The first-order valence-electron chi connectivity index (χ1n) is 8.45. The van der Waals surface area contributed by atoms with Gasteiger partial charge >= 0.3 is 16.1 Å². The monoisotopic (exact) mass is 445 g/mol. The number of benzene rings is 2. The molecule has 0 saturated carbocycles. The largest absolute Gasteiger partial charge is 0.481 e. The van der Waals surface area contributed by atoms with Crippen molar-refractivity contribution in [1.82, 2.24) is 19.9 Å². The molecule has 0 bridgehead atoms. The number of aliphatic carboxylic acids is 1. The van der Waals surface area contributed by atoms with Crippen molar-refractivity contribution in [2.75, 3.05) is 5.73 Å². The number of nitrogens with two attached hydrogens (primary N) is 1. The van der Waals surface area contributed by atoms with Gasteiger partial charge in [-0.1, -0.05) is 36.4 Å². The highest BCUT2D eigenvalue weighted by atomic mass is 32.3. The quantitative estimate of drug-likeness (QED) is 0.216. The van der Waals surface area contributed by atoms with E-state index in [9.17, 15) is 4.79 Å². The number of fused-ring (bicyclic) bond motifs is 4. The van der Waals surface area contributed by atoms with Gasteiger partial charge in [0.2, 0.25) is 0 Å². The fraction of sp³-hybridized carbons (Fsp3) is 0.0556. The van der Waals surface area contributed by atoms with Gasteiger partial charge in [-0.25, -0.2) is 9.78 Å². The molecule has 5 rings (SSSR count). The summed E-state index contributed by atoms with van der Waals surface area (Å²) in [7, 11) is -4.67. The molecule has 2 aromatic heterocycles. The van der Waals surface area contributed by atoms with Crippen molar-refractivity contribution in [1.29, 1.82) is 0 Å². The lowest BCUT2D eigenvalue weighted by atomic mass is 10.1. The normalized spacial score (nSPS) is 11.2. The molecular formula is C18H15N5O7S. The van der Waals surface area contributed by atoms with Crippen molar-refractivity contribution in [2.45, 2.75) is 6.92 Å². The first kappa shape index (κ1) is 21.8. The minimum absolute atomic E-state index is 0.0946. The fourth-order valence-electron chi connectivity index (χ4n) is 3.13. The van der Waals surface area contributed by atoms with Gasteiger partial charge in [-0.2, -0.15) is 18.4 Å². The maximum atomic E-state index is 11.5. The van der Waals surface area contributed by atoms with Crippen LogP contribution in [0.1, 0.15) is 6.92 Å². The highest BCUT2D eigenvalue weighted by Crippen LogP contribution is 2.36. The summed E-state index contributed by atoms with van der Waals surface area (Å²) in [5, 5.41) is 11.8. The number of nitrogens with zero attached hydrogens (tertiary/aromatic N) is 3. The summed E-state index contributed by atoms with van der Waals surface area (Å²) in [4.78, 5) is 35.8. The van der Waals surface area contributed by atoms with Gasteiger partial charge in [0, 0.05) is 23.1 Å². The molecule has 0 radical (unpaired) electrons. The molecule has 2 heterocycles. The average molecular weight is 445 g/mol. The van der Waals surface area contributed by atoms with Crippen LogP contribution in [0.3, 0.4) is 0 Å². The predicted molar refractivity (Wildman–Crippen MR) is 114 cm³/mol. The Morgan fingerprint density at radius 3 is 2.13 bits per heavy atom. The minimum Gasteiger partial charge on any atom is -0.481 e. The third kappa shape index (κ3) is 4.80. The molecule has 0 spiro atoms. The van der Waals surface area contributed by atoms with E-state index < -0.39 is 22.1 Å². The number of carbonyl (C=O) groups is 1. The summed E-state index contributed by atoms with van der Waals surface area (Å²) in [5.41, 5.74) is 7.66. The van der Waals surface area contributed by atoms with Crippen molar-refractivity contribution in [2.24, 2.45) is 0 Å². The van der Waals surface area contributed by atoms with Crippen molar-refractivity contribution in [3.63, 3.8) is 0 Å². The number of nitrogen functional groups attached to an aromatic ring is 1. The number of aromatic amines is 1. The summed E-state index contributed by atoms with van der Waals surface area (Å²) in [5.74, 6) is -0.739. The van der Waals surface area contributed by atoms with Gasteiger partial charge < -0.3 is 15.8 Å². The standard InChI is InChI=1S/C16H9N5O.C2H4O2.H2O4S/c17-14-13-15(21-16(22)20-14)19-12-9-6-2-4-7-3-1-5-8(10(7)9)11(12)18-13;1-2(3)4;1-5(2,3)4/h1-6H,(H3,17,19,20,21,22);1H3,(H,3,4);(H2,1,2,3,4). The molecule has 0 amide bonds. The Kier molecular flexibility index (Phi) is 5.66. The SMILES string of the molecule is CC(=O)O.Nc1nc(=O)nc2[nH]c3c4cccc5cccc(c3nc12)c54.O=S(=O)(O)O. The van der Waals surface area contributed by atoms with E-state index in [1.807, 2.05) is 24.3 Å². The lowest BCUT2D eigenvalue weighted by Crippen LogP contribution is -2.14. The van der Waals surface area contributed by atoms with Gasteiger partial charge in [0.05, 0.1) is 11.0 Å². The molecule has 12 nitrogen and oxygen atoms in total. The number of hydrogen-bond donors (Lipinski definition) is 5. The zero-order chi connectivity index (χ0) is 22.9. The molecule has 3 aromatic carbocycles. The average Bonchev–Trinajstić information content (AvgIpc) is 2.94. The van der Waals surface area contributed by atoms with E-state index in [1.54, 1.807) is 0 Å². The van der Waals surface area contributed by atoms with Crippen molar-refractivity contribution in [3.8, 4) is 0 Å². The van der Waals surface area contributed by atoms with Crippen LogP contribution in [0.25, 0.3) is 43.7 Å². The van der Waals surface area contributed by atoms with Crippen molar-refractivity contribution >= 4 is 65.9 Å². The lowest BCUT2D eigenvalue weighted by molar-refractivity contribution is -0.134. The second kappa shape index (κ2) is 8.06. The summed E-state index contributed by atoms with van der Waals surface area (Å²) < 4.78 is 31.6. The Labute approximate surface area is 173 Å². The van der Waals surface area contributed by atoms with Gasteiger partial charge in [-0.15, -0.1) is 0 Å². The van der Waals surface area contributed by atoms with Crippen LogP contribution < -0.4 is 11.4 Å². The Morgan fingerprint density at radius 1 is 1.00 bits per heavy atom. The van der Waals surface area contributed by atoms with E-state index in [1.165, 1.54) is 0 Å². The second-order valence-corrected chi connectivity index (χ2v) is 7.12. The first-order valence-corrected chi connectivity index (χ1v) is 9.85. The van der Waals surface area contributed by atoms with E-state index >= 15 is 0 Å². The molecule has 13 heteroatoms. The van der Waals surface area contributed by atoms with E-state index in [-0.39, 0.29) is 5.82 Å². The maximum Gasteiger partial charge on any atom is 0.394 e. The minimum atomic E-state index is -4.67. The van der Waals surface area contributed by atoms with Gasteiger partial charge in [-0.05, 0) is 5.39 Å². The predicted octanol–water partition coefficient (Wildman–Crippen LogP) is 1.63. The molecule has 0 fully saturated rings. The van der Waals surface area contributed by atoms with E-state index in [0.29, 0.717) is 11.2 Å². The van der Waals surface area contributed by atoms with Crippen molar-refractivity contribution < 1.29 is 27.4 Å². The molecule has 0 aliphatic rings. The third-order valence-electron chi connectivity index (χ3n) is 4.02. The van der Waals surface area contributed by atoms with E-state index in [2.05, 4.69) is 32.1 Å². The molecule has 0 unspecified atom stereocenters. The number of anilines is 1. The topological polar surface area (TPSA) is 209 Å². The summed E-state index contributed by atoms with van der Waals surface area (Å²) in [6, 6.07) is 12.2. The summed E-state index contributed by atoms with van der Waals surface area (Å²) >= 11 is 0. The zero-order valence-corrected chi connectivity index (χ0v) is 16.6. The number of carboxylic acid groups (broad SMARTS) is 1. The highest BCUT2D eigenvalue weighted by Gasteiger charge is 2.15. The van der Waals surface area contributed by atoms with Crippen LogP contribution in [-0.2, 0) is 15.2 Å². The second-order valence-electron chi connectivity index (χ2n) is 6.23. The van der Waals surface area contributed by atoms with Crippen LogP contribution in [0, 0.1) is 0 Å². The Morgan fingerprint density at radius 2 is 1.55 bits per heavy atom. The molecule has 0 saturated heterocycles. The summed E-state index contributed by atoms with van der Waals surface area (Å²) in [6.45, 7) is 1.08. The number of aromatic nitrogens is 4.